The summed E-state index contributed by atoms with van der Waals surface area (Å²) >= 11 is 1.67. The van der Waals surface area contributed by atoms with Crippen molar-refractivity contribution in [2.75, 3.05) is 12.4 Å². The Balaban J connectivity index is 1.68. The number of carbonyl (C=O) groups excluding carboxylic acids is 1. The van der Waals surface area contributed by atoms with Gasteiger partial charge in [0, 0.05) is 17.0 Å². The number of carbonyl (C=O) groups is 1. The largest absolute Gasteiger partial charge is 0.494 e. The Bertz CT molecular complexity index is 926. The number of benzene rings is 2. The van der Waals surface area contributed by atoms with Crippen LogP contribution < -0.4 is 10.1 Å². The van der Waals surface area contributed by atoms with Crippen LogP contribution in [0.1, 0.15) is 49.3 Å². The molecule has 1 aromatic heterocycles. The van der Waals surface area contributed by atoms with Gasteiger partial charge in [0.05, 0.1) is 13.2 Å². The van der Waals surface area contributed by atoms with E-state index in [9.17, 15) is 4.79 Å². The fraction of sp³-hybridized carbons (Fsp3) is 0.348. The Kier molecular flexibility index (Phi) is 8.32. The van der Waals surface area contributed by atoms with Crippen LogP contribution in [0.2, 0.25) is 0 Å². The molecular weight excluding hydrogens is 396 g/mol. The van der Waals surface area contributed by atoms with Crippen molar-refractivity contribution in [1.29, 1.82) is 0 Å². The normalized spacial score (nSPS) is 10.7. The van der Waals surface area contributed by atoms with Gasteiger partial charge in [-0.3, -0.25) is 9.36 Å². The molecule has 0 radical (unpaired) electrons. The molecule has 0 bridgehead atoms. The topological polar surface area (TPSA) is 69.0 Å². The van der Waals surface area contributed by atoms with Crippen LogP contribution in [-0.4, -0.2) is 33.0 Å². The number of thioether (sulfide) groups is 1. The number of unbranched alkanes of at least 4 members (excludes halogenated alkanes) is 1. The first-order valence-corrected chi connectivity index (χ1v) is 11.3. The molecule has 1 N–H and O–H groups in total. The molecule has 6 nitrogen and oxygen atoms in total. The maximum atomic E-state index is 12.6. The van der Waals surface area contributed by atoms with Gasteiger partial charge in [0.2, 0.25) is 0 Å². The lowest BCUT2D eigenvalue weighted by Crippen LogP contribution is -2.24. The molecule has 158 valence electrons. The number of hydrogen-bond donors (Lipinski definition) is 1. The molecule has 3 rings (SSSR count). The molecule has 2 aromatic carbocycles. The van der Waals surface area contributed by atoms with Gasteiger partial charge in [0.1, 0.15) is 5.75 Å². The van der Waals surface area contributed by atoms with Gasteiger partial charge >= 0.3 is 0 Å². The molecule has 30 heavy (non-hydrogen) atoms. The van der Waals surface area contributed by atoms with E-state index < -0.39 is 0 Å². The first kappa shape index (κ1) is 21.9. The second kappa shape index (κ2) is 11.4. The van der Waals surface area contributed by atoms with Crippen molar-refractivity contribution >= 4 is 17.7 Å². The first-order valence-electron chi connectivity index (χ1n) is 10.4. The monoisotopic (exact) mass is 424 g/mol. The summed E-state index contributed by atoms with van der Waals surface area (Å²) in [4.78, 5) is 12.6. The molecule has 0 aliphatic carbocycles. The SMILES string of the molecule is CCCCOc1ccc(C(=O)NCc2nnc(SCCC)n2-c2ccccc2)cc1. The number of amides is 1. The van der Waals surface area contributed by atoms with Gasteiger partial charge in [-0.05, 0) is 49.2 Å². The summed E-state index contributed by atoms with van der Waals surface area (Å²) in [6.07, 6.45) is 3.16. The molecule has 0 saturated carbocycles. The summed E-state index contributed by atoms with van der Waals surface area (Å²) in [7, 11) is 0. The highest BCUT2D eigenvalue weighted by atomic mass is 32.2. The van der Waals surface area contributed by atoms with E-state index in [0.717, 1.165) is 41.6 Å². The van der Waals surface area contributed by atoms with Gasteiger partial charge in [-0.25, -0.2) is 0 Å². The van der Waals surface area contributed by atoms with Crippen LogP contribution in [-0.2, 0) is 6.54 Å². The van der Waals surface area contributed by atoms with Crippen LogP contribution in [0.3, 0.4) is 0 Å². The van der Waals surface area contributed by atoms with E-state index in [2.05, 4.69) is 29.4 Å². The van der Waals surface area contributed by atoms with E-state index in [1.54, 1.807) is 23.9 Å². The summed E-state index contributed by atoms with van der Waals surface area (Å²) in [5.41, 5.74) is 1.57. The van der Waals surface area contributed by atoms with Gasteiger partial charge in [-0.2, -0.15) is 0 Å². The fourth-order valence-corrected chi connectivity index (χ4v) is 3.66. The zero-order valence-electron chi connectivity index (χ0n) is 17.5. The Hall–Kier alpha value is -2.80. The molecule has 1 amide bonds. The number of nitrogens with zero attached hydrogens (tertiary/aromatic N) is 3. The number of para-hydroxylation sites is 1. The van der Waals surface area contributed by atoms with Gasteiger partial charge in [-0.15, -0.1) is 10.2 Å². The van der Waals surface area contributed by atoms with Gasteiger partial charge in [-0.1, -0.05) is 50.2 Å². The van der Waals surface area contributed by atoms with Crippen molar-refractivity contribution in [3.63, 3.8) is 0 Å². The number of nitrogens with one attached hydrogen (secondary N) is 1. The van der Waals surface area contributed by atoms with Gasteiger partial charge in [0.15, 0.2) is 11.0 Å². The number of hydrogen-bond acceptors (Lipinski definition) is 5. The average Bonchev–Trinajstić information content (AvgIpc) is 3.20. The molecule has 0 atom stereocenters. The molecule has 3 aromatic rings. The highest BCUT2D eigenvalue weighted by Gasteiger charge is 2.15. The maximum Gasteiger partial charge on any atom is 0.251 e. The molecule has 0 spiro atoms. The van der Waals surface area contributed by atoms with E-state index in [1.807, 2.05) is 47.0 Å². The van der Waals surface area contributed by atoms with Crippen LogP contribution >= 0.6 is 11.8 Å². The van der Waals surface area contributed by atoms with Crippen LogP contribution in [0.5, 0.6) is 5.75 Å². The number of ether oxygens (including phenoxy) is 1. The van der Waals surface area contributed by atoms with Crippen LogP contribution in [0, 0.1) is 0 Å². The standard InChI is InChI=1S/C23H28N4O2S/c1-3-5-15-29-20-13-11-18(12-14-20)22(28)24-17-21-25-26-23(30-16-4-2)27(21)19-9-7-6-8-10-19/h6-14H,3-5,15-17H2,1-2H3,(H,24,28). The van der Waals surface area contributed by atoms with E-state index in [4.69, 9.17) is 4.74 Å². The Morgan fingerprint density at radius 1 is 1.03 bits per heavy atom. The third kappa shape index (κ3) is 5.86. The number of rotatable bonds is 11. The van der Waals surface area contributed by atoms with Crippen molar-refractivity contribution in [3.05, 3.63) is 66.0 Å². The third-order valence-corrected chi connectivity index (χ3v) is 5.58. The second-order valence-corrected chi connectivity index (χ2v) is 7.89. The van der Waals surface area contributed by atoms with Crippen molar-refractivity contribution in [2.45, 2.75) is 44.8 Å². The fourth-order valence-electron chi connectivity index (χ4n) is 2.84. The van der Waals surface area contributed by atoms with Crippen LogP contribution in [0.15, 0.2) is 59.8 Å². The third-order valence-electron chi connectivity index (χ3n) is 4.44. The molecule has 7 heteroatoms. The first-order chi connectivity index (χ1) is 14.7. The van der Waals surface area contributed by atoms with Crippen molar-refractivity contribution in [2.24, 2.45) is 0 Å². The summed E-state index contributed by atoms with van der Waals surface area (Å²) < 4.78 is 7.66. The summed E-state index contributed by atoms with van der Waals surface area (Å²) in [6.45, 7) is 5.25. The predicted molar refractivity (Wildman–Crippen MR) is 120 cm³/mol. The molecule has 1 heterocycles. The van der Waals surface area contributed by atoms with E-state index >= 15 is 0 Å². The highest BCUT2D eigenvalue weighted by molar-refractivity contribution is 7.99. The Morgan fingerprint density at radius 3 is 2.50 bits per heavy atom. The molecule has 0 saturated heterocycles. The zero-order chi connectivity index (χ0) is 21.2. The number of aromatic nitrogens is 3. The van der Waals surface area contributed by atoms with E-state index in [-0.39, 0.29) is 5.91 Å². The van der Waals surface area contributed by atoms with Crippen molar-refractivity contribution in [1.82, 2.24) is 20.1 Å². The predicted octanol–water partition coefficient (Wildman–Crippen LogP) is 4.88. The van der Waals surface area contributed by atoms with Gasteiger partial charge < -0.3 is 10.1 Å². The van der Waals surface area contributed by atoms with Crippen LogP contribution in [0.4, 0.5) is 0 Å². The lowest BCUT2D eigenvalue weighted by molar-refractivity contribution is 0.0949. The molecule has 0 aliphatic heterocycles. The average molecular weight is 425 g/mol. The minimum absolute atomic E-state index is 0.152. The lowest BCUT2D eigenvalue weighted by atomic mass is 10.2. The quantitative estimate of drug-likeness (QED) is 0.351. The Morgan fingerprint density at radius 2 is 1.80 bits per heavy atom. The summed E-state index contributed by atoms with van der Waals surface area (Å²) in [6, 6.07) is 17.2. The smallest absolute Gasteiger partial charge is 0.251 e. The summed E-state index contributed by atoms with van der Waals surface area (Å²) in [5, 5.41) is 12.4. The minimum Gasteiger partial charge on any atom is -0.494 e. The van der Waals surface area contributed by atoms with Gasteiger partial charge in [0.25, 0.3) is 5.91 Å². The summed E-state index contributed by atoms with van der Waals surface area (Å²) in [5.74, 6) is 2.29. The highest BCUT2D eigenvalue weighted by Crippen LogP contribution is 2.22. The molecular formula is C23H28N4O2S. The molecule has 0 unspecified atom stereocenters. The second-order valence-electron chi connectivity index (χ2n) is 6.83. The van der Waals surface area contributed by atoms with Crippen molar-refractivity contribution < 1.29 is 9.53 Å². The molecule has 0 fully saturated rings. The zero-order valence-corrected chi connectivity index (χ0v) is 18.3. The molecule has 0 aliphatic rings. The van der Waals surface area contributed by atoms with E-state index in [0.29, 0.717) is 24.5 Å². The Labute approximate surface area is 182 Å². The maximum absolute atomic E-state index is 12.6. The lowest BCUT2D eigenvalue weighted by Gasteiger charge is -2.11. The van der Waals surface area contributed by atoms with E-state index in [1.165, 1.54) is 0 Å². The van der Waals surface area contributed by atoms with Crippen molar-refractivity contribution in [3.8, 4) is 11.4 Å². The van der Waals surface area contributed by atoms with Crippen LogP contribution in [0.25, 0.3) is 5.69 Å². The minimum atomic E-state index is -0.152.